The third-order valence-corrected chi connectivity index (χ3v) is 5.29. The van der Waals surface area contributed by atoms with E-state index >= 15 is 0 Å². The van der Waals surface area contributed by atoms with Gasteiger partial charge in [0, 0.05) is 11.8 Å². The van der Waals surface area contributed by atoms with Crippen LogP contribution >= 0.6 is 11.8 Å². The Hall–Kier alpha value is -0.520. The van der Waals surface area contributed by atoms with E-state index in [1.165, 1.54) is 0 Å². The van der Waals surface area contributed by atoms with Crippen LogP contribution in [0.5, 0.6) is 0 Å². The van der Waals surface area contributed by atoms with Gasteiger partial charge in [-0.1, -0.05) is 18.2 Å². The summed E-state index contributed by atoms with van der Waals surface area (Å²) in [5, 5.41) is 0. The fraction of sp³-hybridized carbons (Fsp3) is 0.455. The van der Waals surface area contributed by atoms with Crippen molar-refractivity contribution in [2.24, 2.45) is 0 Å². The van der Waals surface area contributed by atoms with Crippen LogP contribution in [0.4, 0.5) is 0 Å². The predicted molar refractivity (Wildman–Crippen MR) is 67.1 cm³/mol. The van der Waals surface area contributed by atoms with Crippen LogP contribution in [0.3, 0.4) is 0 Å². The second-order valence-corrected chi connectivity index (χ2v) is 6.71. The van der Waals surface area contributed by atoms with Crippen molar-refractivity contribution in [2.45, 2.75) is 23.8 Å². The maximum Gasteiger partial charge on any atom is 0.240 e. The first kappa shape index (κ1) is 12.0. The zero-order valence-electron chi connectivity index (χ0n) is 8.93. The van der Waals surface area contributed by atoms with Crippen molar-refractivity contribution < 1.29 is 8.42 Å². The Bertz CT molecular complexity index is 425. The minimum Gasteiger partial charge on any atom is -0.207 e. The summed E-state index contributed by atoms with van der Waals surface area (Å²) in [6.07, 6.45) is 2.03. The van der Waals surface area contributed by atoms with Gasteiger partial charge in [0.15, 0.2) is 0 Å². The standard InChI is InChI=1S/C11H15NO2S2/c13-16(14,11-6-2-1-3-7-11)12-10-5-4-8-15-9-10/h1-3,6-7,10,12H,4-5,8-9H2. The number of rotatable bonds is 3. The number of hydrogen-bond acceptors (Lipinski definition) is 3. The van der Waals surface area contributed by atoms with E-state index in [1.54, 1.807) is 24.3 Å². The van der Waals surface area contributed by atoms with E-state index in [0.717, 1.165) is 24.3 Å². The molecule has 1 atom stereocenters. The molecule has 1 aliphatic rings. The maximum atomic E-state index is 12.0. The van der Waals surface area contributed by atoms with Crippen LogP contribution < -0.4 is 4.72 Å². The molecular formula is C11H15NO2S2. The Morgan fingerprint density at radius 1 is 1.25 bits per heavy atom. The molecule has 1 unspecified atom stereocenters. The van der Waals surface area contributed by atoms with Crippen LogP contribution in [-0.2, 0) is 10.0 Å². The van der Waals surface area contributed by atoms with Crippen LogP contribution in [0.1, 0.15) is 12.8 Å². The monoisotopic (exact) mass is 257 g/mol. The molecule has 1 heterocycles. The van der Waals surface area contributed by atoms with Crippen LogP contribution in [-0.4, -0.2) is 26.0 Å². The Morgan fingerprint density at radius 3 is 2.62 bits per heavy atom. The molecular weight excluding hydrogens is 242 g/mol. The van der Waals surface area contributed by atoms with Crippen molar-refractivity contribution in [2.75, 3.05) is 11.5 Å². The Morgan fingerprint density at radius 2 is 2.00 bits per heavy atom. The van der Waals surface area contributed by atoms with Gasteiger partial charge in [-0.15, -0.1) is 0 Å². The molecule has 0 aromatic heterocycles. The van der Waals surface area contributed by atoms with E-state index in [9.17, 15) is 8.42 Å². The lowest BCUT2D eigenvalue weighted by molar-refractivity contribution is 0.543. The lowest BCUT2D eigenvalue weighted by Gasteiger charge is -2.22. The highest BCUT2D eigenvalue weighted by atomic mass is 32.2. The molecule has 0 bridgehead atoms. The number of hydrogen-bond donors (Lipinski definition) is 1. The molecule has 88 valence electrons. The van der Waals surface area contributed by atoms with Gasteiger partial charge in [0.25, 0.3) is 0 Å². The Labute approximate surface area is 101 Å². The summed E-state index contributed by atoms with van der Waals surface area (Å²) < 4.78 is 26.7. The molecule has 0 spiro atoms. The number of benzene rings is 1. The first-order valence-electron chi connectivity index (χ1n) is 5.33. The van der Waals surface area contributed by atoms with Crippen LogP contribution in [0.2, 0.25) is 0 Å². The van der Waals surface area contributed by atoms with Crippen LogP contribution in [0, 0.1) is 0 Å². The molecule has 5 heteroatoms. The second kappa shape index (κ2) is 5.21. The summed E-state index contributed by atoms with van der Waals surface area (Å²) in [4.78, 5) is 0.352. The highest BCUT2D eigenvalue weighted by Gasteiger charge is 2.21. The predicted octanol–water partition coefficient (Wildman–Crippen LogP) is 1.86. The largest absolute Gasteiger partial charge is 0.240 e. The molecule has 1 aliphatic heterocycles. The molecule has 0 saturated carbocycles. The molecule has 1 fully saturated rings. The number of sulfonamides is 1. The van der Waals surface area contributed by atoms with E-state index in [1.807, 2.05) is 17.8 Å². The molecule has 1 aromatic carbocycles. The van der Waals surface area contributed by atoms with Crippen molar-refractivity contribution in [3.8, 4) is 0 Å². The van der Waals surface area contributed by atoms with Crippen LogP contribution in [0.15, 0.2) is 35.2 Å². The fourth-order valence-corrected chi connectivity index (χ4v) is 4.19. The molecule has 1 saturated heterocycles. The Balaban J connectivity index is 2.08. The van der Waals surface area contributed by atoms with Gasteiger partial charge in [0.05, 0.1) is 4.90 Å². The lowest BCUT2D eigenvalue weighted by atomic mass is 10.2. The molecule has 16 heavy (non-hydrogen) atoms. The van der Waals surface area contributed by atoms with E-state index in [2.05, 4.69) is 4.72 Å². The summed E-state index contributed by atoms with van der Waals surface area (Å²) in [6, 6.07) is 8.63. The summed E-state index contributed by atoms with van der Waals surface area (Å²) in [5.74, 6) is 2.02. The van der Waals surface area contributed by atoms with Crippen molar-refractivity contribution in [3.05, 3.63) is 30.3 Å². The molecule has 0 radical (unpaired) electrons. The highest BCUT2D eigenvalue weighted by Crippen LogP contribution is 2.19. The van der Waals surface area contributed by atoms with E-state index in [4.69, 9.17) is 0 Å². The SMILES string of the molecule is O=S(=O)(NC1CCCSC1)c1ccccc1. The summed E-state index contributed by atoms with van der Waals surface area (Å²) in [6.45, 7) is 0. The maximum absolute atomic E-state index is 12.0. The van der Waals surface area contributed by atoms with E-state index < -0.39 is 10.0 Å². The molecule has 1 aromatic rings. The minimum atomic E-state index is -3.32. The summed E-state index contributed by atoms with van der Waals surface area (Å²) >= 11 is 1.81. The molecule has 0 amide bonds. The van der Waals surface area contributed by atoms with Gasteiger partial charge < -0.3 is 0 Å². The average molecular weight is 257 g/mol. The quantitative estimate of drug-likeness (QED) is 0.899. The van der Waals surface area contributed by atoms with Crippen molar-refractivity contribution in [1.29, 1.82) is 0 Å². The third-order valence-electron chi connectivity index (χ3n) is 2.54. The molecule has 3 nitrogen and oxygen atoms in total. The van der Waals surface area contributed by atoms with Gasteiger partial charge in [0.2, 0.25) is 10.0 Å². The smallest absolute Gasteiger partial charge is 0.207 e. The van der Waals surface area contributed by atoms with Gasteiger partial charge in [0.1, 0.15) is 0 Å². The topological polar surface area (TPSA) is 46.2 Å². The van der Waals surface area contributed by atoms with Crippen molar-refractivity contribution >= 4 is 21.8 Å². The highest BCUT2D eigenvalue weighted by molar-refractivity contribution is 7.99. The zero-order valence-corrected chi connectivity index (χ0v) is 10.6. The molecule has 2 rings (SSSR count). The van der Waals surface area contributed by atoms with Gasteiger partial charge in [-0.25, -0.2) is 13.1 Å². The lowest BCUT2D eigenvalue weighted by Crippen LogP contribution is -2.38. The van der Waals surface area contributed by atoms with Gasteiger partial charge in [-0.05, 0) is 30.7 Å². The first-order chi connectivity index (χ1) is 7.68. The minimum absolute atomic E-state index is 0.0870. The summed E-state index contributed by atoms with van der Waals surface area (Å²) in [5.41, 5.74) is 0. The molecule has 1 N–H and O–H groups in total. The number of thioether (sulfide) groups is 1. The van der Waals surface area contributed by atoms with Crippen molar-refractivity contribution in [3.63, 3.8) is 0 Å². The van der Waals surface area contributed by atoms with Gasteiger partial charge in [-0.2, -0.15) is 11.8 Å². The van der Waals surface area contributed by atoms with Gasteiger partial charge >= 0.3 is 0 Å². The molecule has 0 aliphatic carbocycles. The van der Waals surface area contributed by atoms with E-state index in [0.29, 0.717) is 4.90 Å². The van der Waals surface area contributed by atoms with E-state index in [-0.39, 0.29) is 6.04 Å². The summed E-state index contributed by atoms with van der Waals surface area (Å²) in [7, 11) is -3.32. The zero-order chi connectivity index (χ0) is 11.4. The first-order valence-corrected chi connectivity index (χ1v) is 7.97. The van der Waals surface area contributed by atoms with Crippen LogP contribution in [0.25, 0.3) is 0 Å². The Kier molecular flexibility index (Phi) is 3.89. The number of nitrogens with one attached hydrogen (secondary N) is 1. The third kappa shape index (κ3) is 2.99. The average Bonchev–Trinajstić information content (AvgIpc) is 2.31. The second-order valence-electron chi connectivity index (χ2n) is 3.85. The fourth-order valence-electron chi connectivity index (χ4n) is 1.72. The van der Waals surface area contributed by atoms with Gasteiger partial charge in [-0.3, -0.25) is 0 Å². The van der Waals surface area contributed by atoms with Crippen molar-refractivity contribution in [1.82, 2.24) is 4.72 Å². The normalized spacial score (nSPS) is 21.9.